The van der Waals surface area contributed by atoms with Gasteiger partial charge in [0, 0.05) is 11.3 Å². The summed E-state index contributed by atoms with van der Waals surface area (Å²) >= 11 is 0. The molecule has 0 saturated carbocycles. The molecule has 0 bridgehead atoms. The van der Waals surface area contributed by atoms with Crippen LogP contribution < -0.4 is 10.6 Å². The van der Waals surface area contributed by atoms with Gasteiger partial charge in [0.05, 0.1) is 12.2 Å². The van der Waals surface area contributed by atoms with E-state index >= 15 is 0 Å². The molecule has 3 nitrogen and oxygen atoms in total. The second kappa shape index (κ2) is 3.84. The summed E-state index contributed by atoms with van der Waals surface area (Å²) in [6.07, 6.45) is 0. The van der Waals surface area contributed by atoms with Crippen LogP contribution in [0.5, 0.6) is 0 Å². The number of benzene rings is 2. The first-order chi connectivity index (χ1) is 8.66. The summed E-state index contributed by atoms with van der Waals surface area (Å²) < 4.78 is 13.8. The van der Waals surface area contributed by atoms with Gasteiger partial charge in [0.15, 0.2) is 0 Å². The lowest BCUT2D eigenvalue weighted by Gasteiger charge is -2.16. The number of amides is 1. The summed E-state index contributed by atoms with van der Waals surface area (Å²) in [4.78, 5) is 13.6. The van der Waals surface area contributed by atoms with Crippen molar-refractivity contribution in [3.05, 3.63) is 59.4 Å². The minimum Gasteiger partial charge on any atom is -0.399 e. The fourth-order valence-corrected chi connectivity index (χ4v) is 2.19. The number of hydrogen-bond acceptors (Lipinski definition) is 2. The first-order valence-corrected chi connectivity index (χ1v) is 5.61. The SMILES string of the molecule is Nc1ccc(N2Cc3ccccc3C2=O)c(F)c1. The molecule has 2 N–H and O–H groups in total. The van der Waals surface area contributed by atoms with Crippen molar-refractivity contribution in [2.75, 3.05) is 10.6 Å². The molecule has 18 heavy (non-hydrogen) atoms. The van der Waals surface area contributed by atoms with Crippen LogP contribution in [-0.4, -0.2) is 5.91 Å². The third-order valence-electron chi connectivity index (χ3n) is 3.08. The number of carbonyl (C=O) groups excluding carboxylic acids is 1. The summed E-state index contributed by atoms with van der Waals surface area (Å²) in [6.45, 7) is 0.399. The van der Waals surface area contributed by atoms with Crippen LogP contribution in [-0.2, 0) is 6.54 Å². The number of nitrogen functional groups attached to an aromatic ring is 1. The van der Waals surface area contributed by atoms with Gasteiger partial charge in [-0.1, -0.05) is 18.2 Å². The molecule has 0 spiro atoms. The smallest absolute Gasteiger partial charge is 0.259 e. The van der Waals surface area contributed by atoms with E-state index in [0.29, 0.717) is 17.8 Å². The average molecular weight is 242 g/mol. The molecule has 0 radical (unpaired) electrons. The van der Waals surface area contributed by atoms with Crippen LogP contribution in [0.25, 0.3) is 0 Å². The molecular formula is C14H11FN2O. The Morgan fingerprint density at radius 2 is 1.94 bits per heavy atom. The van der Waals surface area contributed by atoms with Crippen LogP contribution in [0.2, 0.25) is 0 Å². The van der Waals surface area contributed by atoms with Gasteiger partial charge < -0.3 is 10.6 Å². The lowest BCUT2D eigenvalue weighted by Crippen LogP contribution is -2.24. The zero-order valence-corrected chi connectivity index (χ0v) is 9.56. The van der Waals surface area contributed by atoms with Crippen LogP contribution in [0.3, 0.4) is 0 Å². The maximum Gasteiger partial charge on any atom is 0.259 e. The van der Waals surface area contributed by atoms with Crippen LogP contribution >= 0.6 is 0 Å². The molecule has 0 aromatic heterocycles. The molecule has 3 rings (SSSR count). The average Bonchev–Trinajstić information content (AvgIpc) is 2.68. The zero-order chi connectivity index (χ0) is 12.7. The Bertz CT molecular complexity index is 639. The fourth-order valence-electron chi connectivity index (χ4n) is 2.19. The number of hydrogen-bond donors (Lipinski definition) is 1. The number of carbonyl (C=O) groups is 1. The van der Waals surface area contributed by atoms with E-state index in [1.807, 2.05) is 12.1 Å². The van der Waals surface area contributed by atoms with Crippen LogP contribution in [0, 0.1) is 5.82 Å². The van der Waals surface area contributed by atoms with E-state index in [0.717, 1.165) is 5.56 Å². The third kappa shape index (κ3) is 1.54. The van der Waals surface area contributed by atoms with E-state index in [1.165, 1.54) is 17.0 Å². The van der Waals surface area contributed by atoms with Crippen molar-refractivity contribution in [3.63, 3.8) is 0 Å². The zero-order valence-electron chi connectivity index (χ0n) is 9.56. The van der Waals surface area contributed by atoms with Crippen molar-refractivity contribution in [3.8, 4) is 0 Å². The molecule has 2 aromatic rings. The van der Waals surface area contributed by atoms with E-state index in [4.69, 9.17) is 5.73 Å². The predicted molar refractivity (Wildman–Crippen MR) is 67.8 cm³/mol. The summed E-state index contributed by atoms with van der Waals surface area (Å²) in [7, 11) is 0. The molecule has 1 aliphatic rings. The molecule has 0 unspecified atom stereocenters. The molecule has 0 aliphatic carbocycles. The van der Waals surface area contributed by atoms with Gasteiger partial charge in [0.2, 0.25) is 0 Å². The number of halogens is 1. The van der Waals surface area contributed by atoms with Crippen molar-refractivity contribution < 1.29 is 9.18 Å². The van der Waals surface area contributed by atoms with Crippen molar-refractivity contribution in [1.82, 2.24) is 0 Å². The number of fused-ring (bicyclic) bond motifs is 1. The van der Waals surface area contributed by atoms with Gasteiger partial charge >= 0.3 is 0 Å². The van der Waals surface area contributed by atoms with E-state index < -0.39 is 5.82 Å². The molecule has 90 valence electrons. The van der Waals surface area contributed by atoms with E-state index in [1.54, 1.807) is 18.2 Å². The second-order valence-corrected chi connectivity index (χ2v) is 4.26. The van der Waals surface area contributed by atoms with Gasteiger partial charge in [-0.2, -0.15) is 0 Å². The van der Waals surface area contributed by atoms with Crippen molar-refractivity contribution in [2.45, 2.75) is 6.54 Å². The van der Waals surface area contributed by atoms with Gasteiger partial charge in [-0.15, -0.1) is 0 Å². The summed E-state index contributed by atoms with van der Waals surface area (Å²) in [6, 6.07) is 11.7. The van der Waals surface area contributed by atoms with Crippen molar-refractivity contribution in [2.24, 2.45) is 0 Å². The Balaban J connectivity index is 2.04. The standard InChI is InChI=1S/C14H11FN2O/c15-12-7-10(16)5-6-13(12)17-8-9-3-1-2-4-11(9)14(17)18/h1-7H,8,16H2. The monoisotopic (exact) mass is 242 g/mol. The largest absolute Gasteiger partial charge is 0.399 e. The molecule has 0 fully saturated rings. The Labute approximate surface area is 104 Å². The molecule has 1 aliphatic heterocycles. The van der Waals surface area contributed by atoms with Gasteiger partial charge in [0.1, 0.15) is 5.82 Å². The van der Waals surface area contributed by atoms with Crippen LogP contribution in [0.1, 0.15) is 15.9 Å². The Morgan fingerprint density at radius 1 is 1.17 bits per heavy atom. The van der Waals surface area contributed by atoms with Crippen LogP contribution in [0.4, 0.5) is 15.8 Å². The summed E-state index contributed by atoms with van der Waals surface area (Å²) in [5, 5.41) is 0. The Hall–Kier alpha value is -2.36. The number of nitrogens with two attached hydrogens (primary N) is 1. The summed E-state index contributed by atoms with van der Waals surface area (Å²) in [5.41, 5.74) is 7.67. The Morgan fingerprint density at radius 3 is 2.67 bits per heavy atom. The predicted octanol–water partition coefficient (Wildman–Crippen LogP) is 2.57. The maximum absolute atomic E-state index is 13.8. The fraction of sp³-hybridized carbons (Fsp3) is 0.0714. The quantitative estimate of drug-likeness (QED) is 0.781. The first kappa shape index (κ1) is 10.8. The topological polar surface area (TPSA) is 46.3 Å². The molecule has 0 saturated heterocycles. The highest BCUT2D eigenvalue weighted by Crippen LogP contribution is 2.30. The van der Waals surface area contributed by atoms with Gasteiger partial charge in [0.25, 0.3) is 5.91 Å². The Kier molecular flexibility index (Phi) is 2.30. The molecule has 2 aromatic carbocycles. The number of rotatable bonds is 1. The van der Waals surface area contributed by atoms with Crippen molar-refractivity contribution >= 4 is 17.3 Å². The molecule has 1 amide bonds. The lowest BCUT2D eigenvalue weighted by atomic mass is 10.1. The molecule has 4 heteroatoms. The van der Waals surface area contributed by atoms with Gasteiger partial charge in [-0.05, 0) is 29.8 Å². The molecule has 1 heterocycles. The molecule has 0 atom stereocenters. The minimum atomic E-state index is -0.476. The highest BCUT2D eigenvalue weighted by atomic mass is 19.1. The number of nitrogens with zero attached hydrogens (tertiary/aromatic N) is 1. The number of anilines is 2. The lowest BCUT2D eigenvalue weighted by molar-refractivity contribution is 0.0996. The highest BCUT2D eigenvalue weighted by molar-refractivity contribution is 6.10. The van der Waals surface area contributed by atoms with Crippen LogP contribution in [0.15, 0.2) is 42.5 Å². The first-order valence-electron chi connectivity index (χ1n) is 5.61. The third-order valence-corrected chi connectivity index (χ3v) is 3.08. The summed E-state index contributed by atoms with van der Waals surface area (Å²) in [5.74, 6) is -0.648. The van der Waals surface area contributed by atoms with Gasteiger partial charge in [-0.3, -0.25) is 4.79 Å². The second-order valence-electron chi connectivity index (χ2n) is 4.26. The maximum atomic E-state index is 13.8. The normalized spacial score (nSPS) is 13.8. The highest BCUT2D eigenvalue weighted by Gasteiger charge is 2.29. The molecular weight excluding hydrogens is 231 g/mol. The van der Waals surface area contributed by atoms with Crippen molar-refractivity contribution in [1.29, 1.82) is 0 Å². The van der Waals surface area contributed by atoms with E-state index in [-0.39, 0.29) is 11.6 Å². The van der Waals surface area contributed by atoms with E-state index in [2.05, 4.69) is 0 Å². The van der Waals surface area contributed by atoms with E-state index in [9.17, 15) is 9.18 Å². The van der Waals surface area contributed by atoms with Gasteiger partial charge in [-0.25, -0.2) is 4.39 Å². The minimum absolute atomic E-state index is 0.172.